The van der Waals surface area contributed by atoms with Gasteiger partial charge in [-0.15, -0.1) is 11.8 Å². The number of rotatable bonds is 7. The van der Waals surface area contributed by atoms with Crippen molar-refractivity contribution in [2.45, 2.75) is 13.0 Å². The highest BCUT2D eigenvalue weighted by atomic mass is 32.2. The summed E-state index contributed by atoms with van der Waals surface area (Å²) in [4.78, 5) is 21.6. The number of thioether (sulfide) groups is 1. The predicted molar refractivity (Wildman–Crippen MR) is 68.2 cm³/mol. The molecule has 1 aromatic carbocycles. The maximum Gasteiger partial charge on any atom is 0.313 e. The zero-order chi connectivity index (χ0) is 14.3. The van der Waals surface area contributed by atoms with Crippen molar-refractivity contribution >= 4 is 23.6 Å². The molecule has 0 fully saturated rings. The molecule has 0 atom stereocenters. The minimum absolute atomic E-state index is 0.0570. The molecule has 1 rings (SSSR count). The Morgan fingerprint density at radius 3 is 2.37 bits per heavy atom. The van der Waals surface area contributed by atoms with E-state index < -0.39 is 12.4 Å². The number of benzene rings is 1. The van der Waals surface area contributed by atoms with Crippen molar-refractivity contribution in [3.8, 4) is 0 Å². The Labute approximate surface area is 113 Å². The fraction of sp³-hybridized carbons (Fsp3) is 0.333. The minimum Gasteiger partial charge on any atom is -0.481 e. The van der Waals surface area contributed by atoms with Crippen LogP contribution in [-0.4, -0.2) is 28.5 Å². The number of carboxylic acids is 1. The molecule has 0 bridgehead atoms. The lowest BCUT2D eigenvalue weighted by atomic mass is 10.1. The molecule has 4 nitrogen and oxygen atoms in total. The first-order chi connectivity index (χ1) is 8.99. The van der Waals surface area contributed by atoms with Crippen molar-refractivity contribution in [3.63, 3.8) is 0 Å². The molecule has 0 saturated carbocycles. The van der Waals surface area contributed by atoms with Crippen molar-refractivity contribution in [3.05, 3.63) is 35.4 Å². The van der Waals surface area contributed by atoms with Gasteiger partial charge in [0.2, 0.25) is 5.91 Å². The molecule has 0 spiro atoms. The zero-order valence-corrected chi connectivity index (χ0v) is 10.8. The number of alkyl halides is 2. The maximum absolute atomic E-state index is 12.3. The van der Waals surface area contributed by atoms with E-state index in [4.69, 9.17) is 5.11 Å². The summed E-state index contributed by atoms with van der Waals surface area (Å²) in [7, 11) is 0. The monoisotopic (exact) mass is 289 g/mol. The first kappa shape index (κ1) is 15.4. The second kappa shape index (κ2) is 7.73. The molecule has 0 aliphatic rings. The quantitative estimate of drug-likeness (QED) is 0.806. The average Bonchev–Trinajstić information content (AvgIpc) is 2.36. The molecular formula is C12H13F2NO3S. The summed E-state index contributed by atoms with van der Waals surface area (Å²) >= 11 is 1.00. The summed E-state index contributed by atoms with van der Waals surface area (Å²) in [6.45, 7) is 0.232. The molecule has 0 saturated heterocycles. The van der Waals surface area contributed by atoms with Gasteiger partial charge in [0.05, 0.1) is 11.5 Å². The predicted octanol–water partition coefficient (Wildman–Crippen LogP) is 2.06. The largest absolute Gasteiger partial charge is 0.481 e. The van der Waals surface area contributed by atoms with Crippen LogP contribution in [0.5, 0.6) is 0 Å². The molecule has 0 unspecified atom stereocenters. The number of aliphatic carboxylic acids is 1. The topological polar surface area (TPSA) is 66.4 Å². The third-order valence-electron chi connectivity index (χ3n) is 2.18. The van der Waals surface area contributed by atoms with E-state index in [0.29, 0.717) is 5.56 Å². The maximum atomic E-state index is 12.3. The summed E-state index contributed by atoms with van der Waals surface area (Å²) in [5.74, 6) is -1.33. The Balaban J connectivity index is 2.31. The van der Waals surface area contributed by atoms with E-state index in [0.717, 1.165) is 11.8 Å². The molecule has 19 heavy (non-hydrogen) atoms. The van der Waals surface area contributed by atoms with E-state index in [1.54, 1.807) is 0 Å². The Morgan fingerprint density at radius 2 is 1.84 bits per heavy atom. The van der Waals surface area contributed by atoms with Gasteiger partial charge in [0.25, 0.3) is 6.43 Å². The lowest BCUT2D eigenvalue weighted by molar-refractivity contribution is -0.133. The lowest BCUT2D eigenvalue weighted by Crippen LogP contribution is -2.25. The highest BCUT2D eigenvalue weighted by Crippen LogP contribution is 2.18. The third-order valence-corrected chi connectivity index (χ3v) is 3.10. The van der Waals surface area contributed by atoms with Crippen molar-refractivity contribution in [2.75, 3.05) is 11.5 Å². The van der Waals surface area contributed by atoms with Gasteiger partial charge in [0.1, 0.15) is 0 Å². The van der Waals surface area contributed by atoms with Crippen LogP contribution in [-0.2, 0) is 16.1 Å². The van der Waals surface area contributed by atoms with Gasteiger partial charge in [-0.2, -0.15) is 0 Å². The average molecular weight is 289 g/mol. The summed E-state index contributed by atoms with van der Waals surface area (Å²) in [6, 6.07) is 5.66. The van der Waals surface area contributed by atoms with Crippen LogP contribution < -0.4 is 5.32 Å². The van der Waals surface area contributed by atoms with E-state index in [2.05, 4.69) is 5.32 Å². The molecule has 0 aromatic heterocycles. The van der Waals surface area contributed by atoms with Gasteiger partial charge in [-0.05, 0) is 5.56 Å². The van der Waals surface area contributed by atoms with Crippen molar-refractivity contribution in [1.82, 2.24) is 5.32 Å². The molecular weight excluding hydrogens is 276 g/mol. The number of carboxylic acid groups (broad SMARTS) is 1. The van der Waals surface area contributed by atoms with E-state index in [1.807, 2.05) is 0 Å². The van der Waals surface area contributed by atoms with Gasteiger partial charge < -0.3 is 10.4 Å². The number of hydrogen-bond acceptors (Lipinski definition) is 3. The zero-order valence-electron chi connectivity index (χ0n) is 9.94. The SMILES string of the molecule is O=C(O)CSCC(=O)NCc1ccc(C(F)F)cc1. The van der Waals surface area contributed by atoms with Gasteiger partial charge in [-0.25, -0.2) is 8.78 Å². The van der Waals surface area contributed by atoms with Crippen LogP contribution in [0.1, 0.15) is 17.6 Å². The number of carbonyl (C=O) groups is 2. The Bertz CT molecular complexity index is 437. The van der Waals surface area contributed by atoms with Gasteiger partial charge >= 0.3 is 5.97 Å². The molecule has 104 valence electrons. The third kappa shape index (κ3) is 6.19. The van der Waals surface area contributed by atoms with E-state index >= 15 is 0 Å². The molecule has 0 heterocycles. The van der Waals surface area contributed by atoms with Crippen molar-refractivity contribution in [2.24, 2.45) is 0 Å². The number of nitrogens with one attached hydrogen (secondary N) is 1. The summed E-state index contributed by atoms with van der Waals surface area (Å²) in [5.41, 5.74) is 0.646. The van der Waals surface area contributed by atoms with Gasteiger partial charge in [0, 0.05) is 12.1 Å². The molecule has 0 aliphatic heterocycles. The smallest absolute Gasteiger partial charge is 0.313 e. The lowest BCUT2D eigenvalue weighted by Gasteiger charge is -2.06. The second-order valence-corrected chi connectivity index (χ2v) is 4.69. The number of carbonyl (C=O) groups excluding carboxylic acids is 1. The summed E-state index contributed by atoms with van der Waals surface area (Å²) in [5, 5.41) is 11.0. The standard InChI is InChI=1S/C12H13F2NO3S/c13-12(14)9-3-1-8(2-4-9)5-15-10(16)6-19-7-11(17)18/h1-4,12H,5-7H2,(H,15,16)(H,17,18). The minimum atomic E-state index is -2.50. The fourth-order valence-electron chi connectivity index (χ4n) is 1.26. The van der Waals surface area contributed by atoms with Crippen LogP contribution in [0.15, 0.2) is 24.3 Å². The van der Waals surface area contributed by atoms with Crippen LogP contribution in [0.2, 0.25) is 0 Å². The fourth-order valence-corrected chi connectivity index (χ4v) is 1.83. The molecule has 7 heteroatoms. The van der Waals surface area contributed by atoms with Crippen LogP contribution >= 0.6 is 11.8 Å². The molecule has 1 aromatic rings. The van der Waals surface area contributed by atoms with Crippen LogP contribution in [0.3, 0.4) is 0 Å². The molecule has 1 amide bonds. The first-order valence-electron chi connectivity index (χ1n) is 5.42. The molecule has 2 N–H and O–H groups in total. The summed E-state index contributed by atoms with van der Waals surface area (Å²) < 4.78 is 24.6. The summed E-state index contributed by atoms with van der Waals surface area (Å²) in [6.07, 6.45) is -2.50. The van der Waals surface area contributed by atoms with E-state index in [-0.39, 0.29) is 29.5 Å². The normalized spacial score (nSPS) is 10.5. The Hall–Kier alpha value is -1.63. The van der Waals surface area contributed by atoms with E-state index in [1.165, 1.54) is 24.3 Å². The molecule has 0 radical (unpaired) electrons. The van der Waals surface area contributed by atoms with Crippen LogP contribution in [0, 0.1) is 0 Å². The highest BCUT2D eigenvalue weighted by Gasteiger charge is 2.07. The molecule has 0 aliphatic carbocycles. The van der Waals surface area contributed by atoms with Crippen LogP contribution in [0.25, 0.3) is 0 Å². The van der Waals surface area contributed by atoms with Crippen molar-refractivity contribution in [1.29, 1.82) is 0 Å². The van der Waals surface area contributed by atoms with E-state index in [9.17, 15) is 18.4 Å². The number of halogens is 2. The van der Waals surface area contributed by atoms with Gasteiger partial charge in [-0.3, -0.25) is 9.59 Å². The van der Waals surface area contributed by atoms with Gasteiger partial charge in [-0.1, -0.05) is 24.3 Å². The Morgan fingerprint density at radius 1 is 1.21 bits per heavy atom. The number of amides is 1. The Kier molecular flexibility index (Phi) is 6.27. The first-order valence-corrected chi connectivity index (χ1v) is 6.57. The van der Waals surface area contributed by atoms with Gasteiger partial charge in [0.15, 0.2) is 0 Å². The van der Waals surface area contributed by atoms with Crippen molar-refractivity contribution < 1.29 is 23.5 Å². The number of hydrogen-bond donors (Lipinski definition) is 2. The second-order valence-electron chi connectivity index (χ2n) is 3.71. The van der Waals surface area contributed by atoms with Crippen LogP contribution in [0.4, 0.5) is 8.78 Å². The highest BCUT2D eigenvalue weighted by molar-refractivity contribution is 8.00.